The molecule has 5 heteroatoms. The monoisotopic (exact) mass is 330 g/mol. The van der Waals surface area contributed by atoms with E-state index >= 15 is 0 Å². The van der Waals surface area contributed by atoms with E-state index in [4.69, 9.17) is 10.5 Å². The highest BCUT2D eigenvalue weighted by Gasteiger charge is 2.12. The maximum absolute atomic E-state index is 12.8. The normalized spacial score (nSPS) is 11.8. The summed E-state index contributed by atoms with van der Waals surface area (Å²) in [6.45, 7) is 0.439. The Morgan fingerprint density at radius 1 is 1.12 bits per heavy atom. The summed E-state index contributed by atoms with van der Waals surface area (Å²) in [5.41, 5.74) is 7.96. The molecule has 0 saturated carbocycles. The largest absolute Gasteiger partial charge is 0.497 e. The number of methoxy groups -OCH3 is 1. The van der Waals surface area contributed by atoms with Crippen LogP contribution in [0.15, 0.2) is 48.5 Å². The minimum atomic E-state index is -0.538. The number of carbonyl (C=O) groups is 1. The van der Waals surface area contributed by atoms with Crippen molar-refractivity contribution < 1.29 is 13.9 Å². The third-order valence-electron chi connectivity index (χ3n) is 3.86. The Morgan fingerprint density at radius 3 is 2.38 bits per heavy atom. The van der Waals surface area contributed by atoms with Crippen LogP contribution in [0.2, 0.25) is 0 Å². The van der Waals surface area contributed by atoms with Gasteiger partial charge in [-0.2, -0.15) is 0 Å². The molecule has 0 aromatic heterocycles. The molecule has 0 spiro atoms. The zero-order valence-electron chi connectivity index (χ0n) is 13.8. The summed E-state index contributed by atoms with van der Waals surface area (Å²) < 4.78 is 17.9. The molecule has 24 heavy (non-hydrogen) atoms. The van der Waals surface area contributed by atoms with Gasteiger partial charge in [-0.05, 0) is 54.7 Å². The van der Waals surface area contributed by atoms with Gasteiger partial charge in [0.2, 0.25) is 5.91 Å². The van der Waals surface area contributed by atoms with Crippen LogP contribution in [-0.4, -0.2) is 19.1 Å². The van der Waals surface area contributed by atoms with Crippen LogP contribution < -0.4 is 15.8 Å². The highest BCUT2D eigenvalue weighted by Crippen LogP contribution is 2.11. The van der Waals surface area contributed by atoms with Crippen LogP contribution in [0.25, 0.3) is 0 Å². The van der Waals surface area contributed by atoms with E-state index in [9.17, 15) is 9.18 Å². The van der Waals surface area contributed by atoms with Crippen molar-refractivity contribution in [2.24, 2.45) is 5.73 Å². The van der Waals surface area contributed by atoms with Crippen LogP contribution in [0, 0.1) is 5.82 Å². The number of benzene rings is 2. The standard InChI is InChI=1S/C19H23FN2O2/c1-24-17-11-7-15(8-12-17)13-22-19(23)18(21)4-2-3-14-5-9-16(20)10-6-14/h5-12,18H,2-4,13,21H2,1H3,(H,22,23). The van der Waals surface area contributed by atoms with Crippen molar-refractivity contribution in [3.05, 3.63) is 65.5 Å². The van der Waals surface area contributed by atoms with Crippen molar-refractivity contribution in [1.29, 1.82) is 0 Å². The lowest BCUT2D eigenvalue weighted by atomic mass is 10.0. The summed E-state index contributed by atoms with van der Waals surface area (Å²) in [6, 6.07) is 13.4. The first-order chi connectivity index (χ1) is 11.6. The highest BCUT2D eigenvalue weighted by atomic mass is 19.1. The SMILES string of the molecule is COc1ccc(CNC(=O)C(N)CCCc2ccc(F)cc2)cc1. The molecule has 128 valence electrons. The van der Waals surface area contributed by atoms with E-state index in [1.54, 1.807) is 19.2 Å². The first-order valence-electron chi connectivity index (χ1n) is 7.99. The highest BCUT2D eigenvalue weighted by molar-refractivity contribution is 5.81. The number of carbonyl (C=O) groups excluding carboxylic acids is 1. The molecule has 3 N–H and O–H groups in total. The lowest BCUT2D eigenvalue weighted by Gasteiger charge is -2.12. The number of aryl methyl sites for hydroxylation is 1. The summed E-state index contributed by atoms with van der Waals surface area (Å²) in [6.07, 6.45) is 2.15. The van der Waals surface area contributed by atoms with Gasteiger partial charge in [0.25, 0.3) is 0 Å². The number of amides is 1. The minimum Gasteiger partial charge on any atom is -0.497 e. The summed E-state index contributed by atoms with van der Waals surface area (Å²) in [5.74, 6) is 0.376. The van der Waals surface area contributed by atoms with E-state index in [0.29, 0.717) is 13.0 Å². The molecule has 1 amide bonds. The average Bonchev–Trinajstić information content (AvgIpc) is 2.61. The van der Waals surface area contributed by atoms with Crippen molar-refractivity contribution in [3.8, 4) is 5.75 Å². The second-order valence-electron chi connectivity index (χ2n) is 5.69. The Hall–Kier alpha value is -2.40. The van der Waals surface area contributed by atoms with Crippen LogP contribution >= 0.6 is 0 Å². The topological polar surface area (TPSA) is 64.3 Å². The molecule has 2 aromatic carbocycles. The third-order valence-corrected chi connectivity index (χ3v) is 3.86. The fourth-order valence-corrected chi connectivity index (χ4v) is 2.37. The van der Waals surface area contributed by atoms with E-state index in [2.05, 4.69) is 5.32 Å². The van der Waals surface area contributed by atoms with Gasteiger partial charge in [-0.1, -0.05) is 24.3 Å². The Morgan fingerprint density at radius 2 is 1.75 bits per heavy atom. The number of hydrogen-bond acceptors (Lipinski definition) is 3. The summed E-state index contributed by atoms with van der Waals surface area (Å²) in [5, 5.41) is 2.84. The molecule has 1 atom stereocenters. The van der Waals surface area contributed by atoms with Crippen molar-refractivity contribution >= 4 is 5.91 Å². The zero-order valence-corrected chi connectivity index (χ0v) is 13.8. The number of rotatable bonds is 8. The van der Waals surface area contributed by atoms with Crippen LogP contribution in [0.3, 0.4) is 0 Å². The van der Waals surface area contributed by atoms with Crippen molar-refractivity contribution in [2.45, 2.75) is 31.8 Å². The predicted molar refractivity (Wildman–Crippen MR) is 92.2 cm³/mol. The molecule has 1 unspecified atom stereocenters. The lowest BCUT2D eigenvalue weighted by Crippen LogP contribution is -2.40. The number of ether oxygens (including phenoxy) is 1. The van der Waals surface area contributed by atoms with Gasteiger partial charge in [0.05, 0.1) is 13.2 Å². The maximum atomic E-state index is 12.8. The van der Waals surface area contributed by atoms with Gasteiger partial charge in [0.15, 0.2) is 0 Å². The molecule has 0 saturated heterocycles. The second kappa shape index (κ2) is 9.03. The molecule has 2 rings (SSSR count). The number of nitrogens with one attached hydrogen (secondary N) is 1. The Bertz CT molecular complexity index is 641. The Kier molecular flexibility index (Phi) is 6.75. The molecule has 0 heterocycles. The van der Waals surface area contributed by atoms with Gasteiger partial charge < -0.3 is 15.8 Å². The van der Waals surface area contributed by atoms with E-state index in [-0.39, 0.29) is 11.7 Å². The smallest absolute Gasteiger partial charge is 0.237 e. The number of hydrogen-bond donors (Lipinski definition) is 2. The predicted octanol–water partition coefficient (Wildman–Crippen LogP) is 2.80. The van der Waals surface area contributed by atoms with Crippen LogP contribution in [0.5, 0.6) is 5.75 Å². The molecule has 0 bridgehead atoms. The lowest BCUT2D eigenvalue weighted by molar-refractivity contribution is -0.122. The van der Waals surface area contributed by atoms with E-state index < -0.39 is 6.04 Å². The summed E-state index contributed by atoms with van der Waals surface area (Å²) in [4.78, 5) is 12.0. The van der Waals surface area contributed by atoms with Gasteiger partial charge in [-0.15, -0.1) is 0 Å². The van der Waals surface area contributed by atoms with Gasteiger partial charge in [-0.3, -0.25) is 4.79 Å². The van der Waals surface area contributed by atoms with E-state index in [1.165, 1.54) is 12.1 Å². The van der Waals surface area contributed by atoms with Crippen molar-refractivity contribution in [3.63, 3.8) is 0 Å². The number of nitrogens with two attached hydrogens (primary N) is 1. The summed E-state index contributed by atoms with van der Waals surface area (Å²) in [7, 11) is 1.61. The van der Waals surface area contributed by atoms with Crippen LogP contribution in [0.4, 0.5) is 4.39 Å². The first kappa shape index (κ1) is 17.9. The fraction of sp³-hybridized carbons (Fsp3) is 0.316. The van der Waals surface area contributed by atoms with Crippen molar-refractivity contribution in [1.82, 2.24) is 5.32 Å². The van der Waals surface area contributed by atoms with Gasteiger partial charge in [0.1, 0.15) is 11.6 Å². The van der Waals surface area contributed by atoms with Gasteiger partial charge in [-0.25, -0.2) is 4.39 Å². The quantitative estimate of drug-likeness (QED) is 0.782. The third kappa shape index (κ3) is 5.66. The number of halogens is 1. The van der Waals surface area contributed by atoms with Crippen molar-refractivity contribution in [2.75, 3.05) is 7.11 Å². The molecule has 4 nitrogen and oxygen atoms in total. The molecule has 0 aliphatic rings. The Labute approximate surface area is 141 Å². The van der Waals surface area contributed by atoms with Gasteiger partial charge >= 0.3 is 0 Å². The fourth-order valence-electron chi connectivity index (χ4n) is 2.37. The maximum Gasteiger partial charge on any atom is 0.237 e. The van der Waals surface area contributed by atoms with E-state index in [0.717, 1.165) is 29.7 Å². The van der Waals surface area contributed by atoms with Gasteiger partial charge in [0, 0.05) is 6.54 Å². The van der Waals surface area contributed by atoms with Crippen LogP contribution in [0.1, 0.15) is 24.0 Å². The van der Waals surface area contributed by atoms with Crippen LogP contribution in [-0.2, 0) is 17.8 Å². The average molecular weight is 330 g/mol. The molecule has 0 fully saturated rings. The molecular weight excluding hydrogens is 307 g/mol. The molecule has 0 aliphatic heterocycles. The summed E-state index contributed by atoms with van der Waals surface area (Å²) >= 11 is 0. The van der Waals surface area contributed by atoms with E-state index in [1.807, 2.05) is 24.3 Å². The zero-order chi connectivity index (χ0) is 17.4. The second-order valence-corrected chi connectivity index (χ2v) is 5.69. The molecular formula is C19H23FN2O2. The Balaban J connectivity index is 1.70. The molecule has 0 aliphatic carbocycles. The molecule has 0 radical (unpaired) electrons. The molecule has 2 aromatic rings. The minimum absolute atomic E-state index is 0.162. The first-order valence-corrected chi connectivity index (χ1v) is 7.99.